The van der Waals surface area contributed by atoms with E-state index in [1.807, 2.05) is 0 Å². The summed E-state index contributed by atoms with van der Waals surface area (Å²) in [7, 11) is 0. The number of allylic oxidation sites excluding steroid dienone is 28. The highest BCUT2D eigenvalue weighted by atomic mass is 16.6. The molecule has 0 bridgehead atoms. The highest BCUT2D eigenvalue weighted by Gasteiger charge is 2.19. The zero-order chi connectivity index (χ0) is 57.8. The summed E-state index contributed by atoms with van der Waals surface area (Å²) < 4.78 is 16.8. The molecule has 0 radical (unpaired) electrons. The van der Waals surface area contributed by atoms with Crippen LogP contribution in [0.25, 0.3) is 0 Å². The first-order valence-electron chi connectivity index (χ1n) is 32.1. The summed E-state index contributed by atoms with van der Waals surface area (Å²) in [4.78, 5) is 38.3. The van der Waals surface area contributed by atoms with Crippen LogP contribution >= 0.6 is 0 Å². The third-order valence-corrected chi connectivity index (χ3v) is 13.0. The molecule has 1 unspecified atom stereocenters. The minimum absolute atomic E-state index is 0.110. The lowest BCUT2D eigenvalue weighted by atomic mass is 10.0. The van der Waals surface area contributed by atoms with Crippen LogP contribution in [0.15, 0.2) is 170 Å². The molecular weight excluding hydrogens is 985 g/mol. The van der Waals surface area contributed by atoms with Crippen LogP contribution in [0, 0.1) is 0 Å². The summed E-state index contributed by atoms with van der Waals surface area (Å²) in [5, 5.41) is 0. The van der Waals surface area contributed by atoms with Crippen LogP contribution in [0.1, 0.15) is 258 Å². The molecule has 1 atom stereocenters. The monoisotopic (exact) mass is 1100 g/mol. The summed E-state index contributed by atoms with van der Waals surface area (Å²) in [6.07, 6.45) is 97.9. The van der Waals surface area contributed by atoms with Gasteiger partial charge in [0, 0.05) is 19.3 Å². The first-order valence-corrected chi connectivity index (χ1v) is 32.1. The van der Waals surface area contributed by atoms with Crippen LogP contribution in [-0.2, 0) is 28.6 Å². The van der Waals surface area contributed by atoms with Gasteiger partial charge in [0.25, 0.3) is 0 Å². The van der Waals surface area contributed by atoms with Crippen LogP contribution in [0.2, 0.25) is 0 Å². The van der Waals surface area contributed by atoms with Gasteiger partial charge in [0.2, 0.25) is 0 Å². The minimum atomic E-state index is -0.820. The average Bonchev–Trinajstić information content (AvgIpc) is 3.46. The second kappa shape index (κ2) is 66.3. The van der Waals surface area contributed by atoms with Gasteiger partial charge in [-0.1, -0.05) is 281 Å². The van der Waals surface area contributed by atoms with Crippen molar-refractivity contribution in [3.8, 4) is 0 Å². The summed E-state index contributed by atoms with van der Waals surface area (Å²) >= 11 is 0. The Kier molecular flexibility index (Phi) is 61.9. The van der Waals surface area contributed by atoms with Crippen LogP contribution in [0.5, 0.6) is 0 Å². The highest BCUT2D eigenvalue weighted by molar-refractivity contribution is 5.71. The molecule has 0 rings (SSSR count). The third kappa shape index (κ3) is 63.6. The molecule has 0 aromatic heterocycles. The highest BCUT2D eigenvalue weighted by Crippen LogP contribution is 2.14. The smallest absolute Gasteiger partial charge is 0.306 e. The van der Waals surface area contributed by atoms with Crippen LogP contribution in [0.4, 0.5) is 0 Å². The molecule has 0 amide bonds. The normalized spacial score (nSPS) is 13.3. The van der Waals surface area contributed by atoms with E-state index in [2.05, 4.69) is 191 Å². The van der Waals surface area contributed by atoms with Gasteiger partial charge in [-0.3, -0.25) is 14.4 Å². The number of unbranched alkanes of at least 4 members (excludes halogenated alkanes) is 17. The van der Waals surface area contributed by atoms with Crippen molar-refractivity contribution in [3.63, 3.8) is 0 Å². The molecule has 0 saturated carbocycles. The fourth-order valence-corrected chi connectivity index (χ4v) is 8.23. The zero-order valence-electron chi connectivity index (χ0n) is 51.3. The van der Waals surface area contributed by atoms with E-state index in [1.165, 1.54) is 57.8 Å². The van der Waals surface area contributed by atoms with E-state index >= 15 is 0 Å². The molecule has 6 nitrogen and oxygen atoms in total. The number of hydrogen-bond acceptors (Lipinski definition) is 6. The molecule has 0 heterocycles. The Bertz CT molecular complexity index is 1840. The lowest BCUT2D eigenvalue weighted by molar-refractivity contribution is -0.167. The van der Waals surface area contributed by atoms with E-state index in [0.717, 1.165) is 154 Å². The summed E-state index contributed by atoms with van der Waals surface area (Å²) in [6.45, 7) is 6.34. The molecule has 0 fully saturated rings. The van der Waals surface area contributed by atoms with Gasteiger partial charge in [-0.05, 0) is 128 Å². The van der Waals surface area contributed by atoms with Crippen molar-refractivity contribution < 1.29 is 28.6 Å². The van der Waals surface area contributed by atoms with Crippen LogP contribution in [0.3, 0.4) is 0 Å². The average molecular weight is 1100 g/mol. The summed E-state index contributed by atoms with van der Waals surface area (Å²) in [6, 6.07) is 0. The molecule has 0 aliphatic heterocycles. The van der Waals surface area contributed by atoms with Crippen molar-refractivity contribution in [1.82, 2.24) is 0 Å². The standard InChI is InChI=1S/C74H116O6/c1-4-7-10-13-16-19-22-25-27-29-31-33-34-35-36-37-38-39-40-42-43-45-47-49-52-55-58-61-64-67-73(76)79-70-71(69-78-72(75)66-63-60-57-54-51-24-21-18-15-12-9-6-3)80-74(77)68-65-62-59-56-53-50-48-46-44-41-32-30-28-26-23-20-17-14-11-8-5-2/h7-8,10-11,16-17,19-20,25-28,31-33,35-36,38-39,41-43,46-49,55,58,71H,4-6,9,12-15,18,21-24,29-30,34,37,40,44-45,50-54,56-57,59-70H2,1-3H3/b10-7-,11-8-,19-16-,20-17-,27-25-,28-26-,33-31-,36-35-,39-38-,41-32-,43-42-,48-46-,49-47-,58-55-. The maximum absolute atomic E-state index is 12.9. The Morgan fingerprint density at radius 1 is 0.263 bits per heavy atom. The molecule has 0 saturated heterocycles. The number of rotatable bonds is 56. The van der Waals surface area contributed by atoms with Crippen molar-refractivity contribution in [3.05, 3.63) is 170 Å². The molecule has 0 aliphatic carbocycles. The maximum Gasteiger partial charge on any atom is 0.306 e. The van der Waals surface area contributed by atoms with Gasteiger partial charge >= 0.3 is 17.9 Å². The second-order valence-corrected chi connectivity index (χ2v) is 20.6. The topological polar surface area (TPSA) is 78.9 Å². The van der Waals surface area contributed by atoms with E-state index in [-0.39, 0.29) is 44.0 Å². The Hall–Kier alpha value is -5.23. The van der Waals surface area contributed by atoms with Crippen molar-refractivity contribution >= 4 is 17.9 Å². The first-order chi connectivity index (χ1) is 39.5. The van der Waals surface area contributed by atoms with Gasteiger partial charge in [0.15, 0.2) is 6.10 Å². The lowest BCUT2D eigenvalue weighted by Gasteiger charge is -2.18. The third-order valence-electron chi connectivity index (χ3n) is 13.0. The molecule has 80 heavy (non-hydrogen) atoms. The number of hydrogen-bond donors (Lipinski definition) is 0. The van der Waals surface area contributed by atoms with Crippen molar-refractivity contribution in [2.75, 3.05) is 13.2 Å². The summed E-state index contributed by atoms with van der Waals surface area (Å²) in [5.74, 6) is -0.996. The minimum Gasteiger partial charge on any atom is -0.462 e. The predicted octanol–water partition coefficient (Wildman–Crippen LogP) is 22.3. The maximum atomic E-state index is 12.9. The largest absolute Gasteiger partial charge is 0.462 e. The van der Waals surface area contributed by atoms with Crippen molar-refractivity contribution in [2.45, 2.75) is 264 Å². The predicted molar refractivity (Wildman–Crippen MR) is 348 cm³/mol. The molecule has 0 aliphatic rings. The number of carbonyl (C=O) groups excluding carboxylic acids is 3. The quantitative estimate of drug-likeness (QED) is 0.0261. The molecule has 0 aromatic carbocycles. The van der Waals surface area contributed by atoms with Crippen molar-refractivity contribution in [1.29, 1.82) is 0 Å². The molecule has 0 N–H and O–H groups in total. The number of esters is 3. The van der Waals surface area contributed by atoms with E-state index in [1.54, 1.807) is 0 Å². The Morgan fingerprint density at radius 2 is 0.500 bits per heavy atom. The van der Waals surface area contributed by atoms with E-state index in [9.17, 15) is 14.4 Å². The van der Waals surface area contributed by atoms with Crippen LogP contribution < -0.4 is 0 Å². The van der Waals surface area contributed by atoms with Gasteiger partial charge in [0.05, 0.1) is 0 Å². The summed E-state index contributed by atoms with van der Waals surface area (Å²) in [5.41, 5.74) is 0. The first kappa shape index (κ1) is 74.8. The zero-order valence-corrected chi connectivity index (χ0v) is 51.3. The molecule has 6 heteroatoms. The van der Waals surface area contributed by atoms with E-state index in [4.69, 9.17) is 14.2 Å². The fourth-order valence-electron chi connectivity index (χ4n) is 8.23. The van der Waals surface area contributed by atoms with Crippen LogP contribution in [-0.4, -0.2) is 37.2 Å². The molecule has 0 aromatic rings. The molecular formula is C74H116O6. The Morgan fingerprint density at radius 3 is 0.812 bits per heavy atom. The molecule has 448 valence electrons. The van der Waals surface area contributed by atoms with Gasteiger partial charge in [-0.15, -0.1) is 0 Å². The van der Waals surface area contributed by atoms with Gasteiger partial charge in [-0.25, -0.2) is 0 Å². The second-order valence-electron chi connectivity index (χ2n) is 20.6. The van der Waals surface area contributed by atoms with Crippen molar-refractivity contribution in [2.24, 2.45) is 0 Å². The van der Waals surface area contributed by atoms with Gasteiger partial charge < -0.3 is 14.2 Å². The van der Waals surface area contributed by atoms with Gasteiger partial charge in [0.1, 0.15) is 13.2 Å². The number of ether oxygens (including phenoxy) is 3. The lowest BCUT2D eigenvalue weighted by Crippen LogP contribution is -2.30. The number of carbonyl (C=O) groups is 3. The van der Waals surface area contributed by atoms with Gasteiger partial charge in [-0.2, -0.15) is 0 Å². The van der Waals surface area contributed by atoms with E-state index in [0.29, 0.717) is 12.8 Å². The Balaban J connectivity index is 4.48. The Labute approximate surface area is 492 Å². The van der Waals surface area contributed by atoms with E-state index < -0.39 is 6.10 Å². The SMILES string of the molecule is CC/C=C\C/C=C\C/C=C\C/C=C\C/C=C\C/C=C\C/C=C\C/C=C\C/C=C\CCCC(=O)OCC(COC(=O)CCCCCCCCCCCCCC)OC(=O)CCCCCCC/C=C\C/C=C\C/C=C\C/C=C\C/C=C\CC. The fraction of sp³-hybridized carbons (Fsp3) is 0.581. The molecule has 0 spiro atoms.